The van der Waals surface area contributed by atoms with E-state index in [2.05, 4.69) is 17.1 Å². The van der Waals surface area contributed by atoms with Crippen LogP contribution in [0.1, 0.15) is 19.4 Å². The molecular formula is C17H28Cl2N4O2. The molecule has 0 saturated carbocycles. The first-order chi connectivity index (χ1) is 11.0. The lowest BCUT2D eigenvalue weighted by Gasteiger charge is -2.34. The first-order valence-electron chi connectivity index (χ1n) is 8.15. The fourth-order valence-electron chi connectivity index (χ4n) is 2.56. The van der Waals surface area contributed by atoms with Gasteiger partial charge in [-0.2, -0.15) is 0 Å². The number of piperazine rings is 1. The minimum Gasteiger partial charge on any atom is -0.340 e. The SMILES string of the molecule is CCN1CCN(C(=O)Cc2ccc(NC(=O)[C@@H](C)N)cc2)CC1.Cl.Cl. The summed E-state index contributed by atoms with van der Waals surface area (Å²) in [4.78, 5) is 28.1. The summed E-state index contributed by atoms with van der Waals surface area (Å²) in [6, 6.07) is 6.81. The fraction of sp³-hybridized carbons (Fsp3) is 0.529. The molecular weight excluding hydrogens is 363 g/mol. The van der Waals surface area contributed by atoms with Gasteiger partial charge in [0, 0.05) is 31.9 Å². The highest BCUT2D eigenvalue weighted by Crippen LogP contribution is 2.12. The van der Waals surface area contributed by atoms with Crippen molar-refractivity contribution in [2.24, 2.45) is 5.73 Å². The smallest absolute Gasteiger partial charge is 0.240 e. The van der Waals surface area contributed by atoms with Crippen molar-refractivity contribution in [2.45, 2.75) is 26.3 Å². The van der Waals surface area contributed by atoms with Crippen LogP contribution < -0.4 is 11.1 Å². The van der Waals surface area contributed by atoms with E-state index in [1.165, 1.54) is 0 Å². The lowest BCUT2D eigenvalue weighted by Crippen LogP contribution is -2.48. The molecule has 1 saturated heterocycles. The molecule has 25 heavy (non-hydrogen) atoms. The first kappa shape index (κ1) is 23.7. The molecule has 0 unspecified atom stereocenters. The predicted octanol–water partition coefficient (Wildman–Crippen LogP) is 1.52. The van der Waals surface area contributed by atoms with Crippen molar-refractivity contribution < 1.29 is 9.59 Å². The van der Waals surface area contributed by atoms with Crippen LogP contribution in [0.2, 0.25) is 0 Å². The van der Waals surface area contributed by atoms with Gasteiger partial charge in [0.2, 0.25) is 11.8 Å². The largest absolute Gasteiger partial charge is 0.340 e. The minimum atomic E-state index is -0.543. The second-order valence-corrected chi connectivity index (χ2v) is 5.97. The average molecular weight is 391 g/mol. The number of anilines is 1. The Balaban J connectivity index is 0.00000288. The summed E-state index contributed by atoms with van der Waals surface area (Å²) < 4.78 is 0. The van der Waals surface area contributed by atoms with Crippen LogP contribution in [0.3, 0.4) is 0 Å². The second-order valence-electron chi connectivity index (χ2n) is 5.97. The standard InChI is InChI=1S/C17H26N4O2.2ClH/c1-3-20-8-10-21(11-9-20)16(22)12-14-4-6-15(7-5-14)19-17(23)13(2)18;;/h4-7,13H,3,8-12,18H2,1-2H3,(H,19,23);2*1H/t13-;;/m1../s1. The van der Waals surface area contributed by atoms with Crippen LogP contribution in [0.4, 0.5) is 5.69 Å². The van der Waals surface area contributed by atoms with E-state index in [1.807, 2.05) is 17.0 Å². The third-order valence-corrected chi connectivity index (χ3v) is 4.16. The molecule has 0 spiro atoms. The molecule has 1 aromatic carbocycles. The Labute approximate surface area is 161 Å². The topological polar surface area (TPSA) is 78.7 Å². The Kier molecular flexibility index (Phi) is 10.7. The average Bonchev–Trinajstić information content (AvgIpc) is 2.56. The molecule has 1 heterocycles. The van der Waals surface area contributed by atoms with Gasteiger partial charge in [-0.3, -0.25) is 9.59 Å². The molecule has 0 radical (unpaired) electrons. The number of hydrogen-bond donors (Lipinski definition) is 2. The number of nitrogens with two attached hydrogens (primary N) is 1. The number of benzene rings is 1. The molecule has 2 rings (SSSR count). The Morgan fingerprint density at radius 3 is 2.16 bits per heavy atom. The summed E-state index contributed by atoms with van der Waals surface area (Å²) >= 11 is 0. The lowest BCUT2D eigenvalue weighted by atomic mass is 10.1. The number of carbonyl (C=O) groups excluding carboxylic acids is 2. The van der Waals surface area contributed by atoms with E-state index < -0.39 is 6.04 Å². The number of amides is 2. The van der Waals surface area contributed by atoms with Gasteiger partial charge in [0.15, 0.2) is 0 Å². The van der Waals surface area contributed by atoms with Gasteiger partial charge in [-0.15, -0.1) is 24.8 Å². The van der Waals surface area contributed by atoms with Crippen LogP contribution in [0.5, 0.6) is 0 Å². The molecule has 6 nitrogen and oxygen atoms in total. The highest BCUT2D eigenvalue weighted by molar-refractivity contribution is 5.94. The summed E-state index contributed by atoms with van der Waals surface area (Å²) in [7, 11) is 0. The Bertz CT molecular complexity index is 544. The van der Waals surface area contributed by atoms with Crippen LogP contribution in [0.25, 0.3) is 0 Å². The van der Waals surface area contributed by atoms with Crippen LogP contribution in [0, 0.1) is 0 Å². The van der Waals surface area contributed by atoms with E-state index in [-0.39, 0.29) is 36.6 Å². The molecule has 1 fully saturated rings. The third-order valence-electron chi connectivity index (χ3n) is 4.16. The molecule has 8 heteroatoms. The van der Waals surface area contributed by atoms with E-state index in [1.54, 1.807) is 19.1 Å². The van der Waals surface area contributed by atoms with Gasteiger partial charge in [-0.05, 0) is 31.2 Å². The zero-order valence-corrected chi connectivity index (χ0v) is 16.4. The Morgan fingerprint density at radius 1 is 1.12 bits per heavy atom. The first-order valence-corrected chi connectivity index (χ1v) is 8.15. The number of hydrogen-bond acceptors (Lipinski definition) is 4. The zero-order valence-electron chi connectivity index (χ0n) is 14.7. The molecule has 0 aromatic heterocycles. The second kappa shape index (κ2) is 11.3. The number of nitrogens with one attached hydrogen (secondary N) is 1. The molecule has 142 valence electrons. The van der Waals surface area contributed by atoms with E-state index in [0.717, 1.165) is 38.3 Å². The van der Waals surface area contributed by atoms with Gasteiger partial charge in [0.25, 0.3) is 0 Å². The van der Waals surface area contributed by atoms with Crippen LogP contribution in [-0.4, -0.2) is 60.4 Å². The Morgan fingerprint density at radius 2 is 1.68 bits per heavy atom. The van der Waals surface area contributed by atoms with Crippen molar-refractivity contribution in [1.82, 2.24) is 9.80 Å². The lowest BCUT2D eigenvalue weighted by molar-refractivity contribution is -0.132. The summed E-state index contributed by atoms with van der Waals surface area (Å²) in [6.45, 7) is 8.32. The molecule has 1 aromatic rings. The van der Waals surface area contributed by atoms with E-state index in [4.69, 9.17) is 5.73 Å². The predicted molar refractivity (Wildman–Crippen MR) is 106 cm³/mol. The molecule has 3 N–H and O–H groups in total. The van der Waals surface area contributed by atoms with Gasteiger partial charge in [0.05, 0.1) is 12.5 Å². The van der Waals surface area contributed by atoms with Crippen molar-refractivity contribution in [2.75, 3.05) is 38.0 Å². The number of likely N-dealkylation sites (N-methyl/N-ethyl adjacent to an activating group) is 1. The van der Waals surface area contributed by atoms with E-state index in [0.29, 0.717) is 12.1 Å². The highest BCUT2D eigenvalue weighted by Gasteiger charge is 2.20. The fourth-order valence-corrected chi connectivity index (χ4v) is 2.56. The third kappa shape index (κ3) is 7.20. The number of nitrogens with zero attached hydrogens (tertiary/aromatic N) is 2. The van der Waals surface area contributed by atoms with Gasteiger partial charge in [-0.1, -0.05) is 19.1 Å². The van der Waals surface area contributed by atoms with Gasteiger partial charge in [-0.25, -0.2) is 0 Å². The minimum absolute atomic E-state index is 0. The van der Waals surface area contributed by atoms with E-state index in [9.17, 15) is 9.59 Å². The highest BCUT2D eigenvalue weighted by atomic mass is 35.5. The summed E-state index contributed by atoms with van der Waals surface area (Å²) in [5.74, 6) is -0.0595. The molecule has 0 bridgehead atoms. The quantitative estimate of drug-likeness (QED) is 0.798. The monoisotopic (exact) mass is 390 g/mol. The molecule has 0 aliphatic carbocycles. The van der Waals surface area contributed by atoms with Crippen LogP contribution in [0.15, 0.2) is 24.3 Å². The number of rotatable bonds is 5. The van der Waals surface area contributed by atoms with Crippen molar-refractivity contribution in [3.8, 4) is 0 Å². The number of halogens is 2. The Hall–Kier alpha value is -1.34. The summed E-state index contributed by atoms with van der Waals surface area (Å²) in [5.41, 5.74) is 7.16. The van der Waals surface area contributed by atoms with Crippen LogP contribution >= 0.6 is 24.8 Å². The van der Waals surface area contributed by atoms with Crippen LogP contribution in [-0.2, 0) is 16.0 Å². The van der Waals surface area contributed by atoms with Crippen molar-refractivity contribution in [3.63, 3.8) is 0 Å². The zero-order chi connectivity index (χ0) is 16.8. The molecule has 1 aliphatic heterocycles. The van der Waals surface area contributed by atoms with Gasteiger partial charge < -0.3 is 20.9 Å². The van der Waals surface area contributed by atoms with Crippen molar-refractivity contribution in [1.29, 1.82) is 0 Å². The van der Waals surface area contributed by atoms with Gasteiger partial charge >= 0.3 is 0 Å². The maximum absolute atomic E-state index is 12.3. The summed E-state index contributed by atoms with van der Waals surface area (Å²) in [6.07, 6.45) is 0.396. The van der Waals surface area contributed by atoms with E-state index >= 15 is 0 Å². The van der Waals surface area contributed by atoms with Gasteiger partial charge in [0.1, 0.15) is 0 Å². The van der Waals surface area contributed by atoms with Crippen molar-refractivity contribution in [3.05, 3.63) is 29.8 Å². The summed E-state index contributed by atoms with van der Waals surface area (Å²) in [5, 5.41) is 2.73. The molecule has 1 atom stereocenters. The maximum Gasteiger partial charge on any atom is 0.240 e. The number of carbonyl (C=O) groups is 2. The van der Waals surface area contributed by atoms with Crippen molar-refractivity contribution >= 4 is 42.3 Å². The molecule has 2 amide bonds. The molecule has 1 aliphatic rings. The normalized spacial score (nSPS) is 15.6. The maximum atomic E-state index is 12.3.